The number of hydrogen-bond donors (Lipinski definition) is 2. The molecule has 1 amide bonds. The van der Waals surface area contributed by atoms with E-state index in [1.54, 1.807) is 0 Å². The van der Waals surface area contributed by atoms with E-state index in [2.05, 4.69) is 22.2 Å². The number of carbonyl (C=O) groups is 1. The molecule has 2 aromatic rings. The monoisotopic (exact) mass is 381 g/mol. The van der Waals surface area contributed by atoms with Crippen LogP contribution in [0, 0.1) is 29.0 Å². The Hall–Kier alpha value is -3.21. The maximum absolute atomic E-state index is 13.3. The number of rotatable bonds is 2. The molecule has 0 unspecified atom stereocenters. The molecule has 1 aromatic carbocycles. The second-order valence-electron chi connectivity index (χ2n) is 7.47. The number of aromatic amines is 1. The molecule has 1 saturated heterocycles. The first-order valence-electron chi connectivity index (χ1n) is 9.33. The fraction of sp³-hybridized carbons (Fsp3) is 0.400. The van der Waals surface area contributed by atoms with E-state index in [1.165, 1.54) is 24.3 Å². The van der Waals surface area contributed by atoms with Crippen molar-refractivity contribution in [2.45, 2.75) is 25.7 Å². The highest BCUT2D eigenvalue weighted by Gasteiger charge is 2.40. The molecule has 1 fully saturated rings. The number of hydrogen-bond acceptors (Lipinski definition) is 5. The molecule has 0 aliphatic carbocycles. The second kappa shape index (κ2) is 7.08. The average molecular weight is 381 g/mol. The first-order valence-corrected chi connectivity index (χ1v) is 9.33. The van der Waals surface area contributed by atoms with Crippen molar-refractivity contribution in [3.63, 3.8) is 0 Å². The van der Waals surface area contributed by atoms with Gasteiger partial charge in [0.05, 0.1) is 11.6 Å². The zero-order valence-electron chi connectivity index (χ0n) is 15.4. The fourth-order valence-corrected chi connectivity index (χ4v) is 4.06. The third-order valence-corrected chi connectivity index (χ3v) is 5.44. The van der Waals surface area contributed by atoms with Gasteiger partial charge in [-0.1, -0.05) is 19.1 Å². The number of nitrogens with zero attached hydrogens (tertiary/aromatic N) is 3. The lowest BCUT2D eigenvalue weighted by Gasteiger charge is -2.33. The SMILES string of the molecule is C[C@@H]1CCCN(c2nc3c(c(=O)[nH]2)[C@H](c2ccc(F)cc2)[C@H](C#N)C(=O)N3)C1. The number of amides is 1. The van der Waals surface area contributed by atoms with Crippen LogP contribution < -0.4 is 15.8 Å². The van der Waals surface area contributed by atoms with Crippen LogP contribution in [0.3, 0.4) is 0 Å². The third-order valence-electron chi connectivity index (χ3n) is 5.44. The third kappa shape index (κ3) is 3.13. The lowest BCUT2D eigenvalue weighted by molar-refractivity contribution is -0.119. The number of benzene rings is 1. The summed E-state index contributed by atoms with van der Waals surface area (Å²) in [6.45, 7) is 3.70. The van der Waals surface area contributed by atoms with Gasteiger partial charge in [0.1, 0.15) is 17.6 Å². The second-order valence-corrected chi connectivity index (χ2v) is 7.47. The number of piperidine rings is 1. The Bertz CT molecular complexity index is 1010. The summed E-state index contributed by atoms with van der Waals surface area (Å²) in [5.41, 5.74) is 0.357. The summed E-state index contributed by atoms with van der Waals surface area (Å²) in [5, 5.41) is 12.1. The Morgan fingerprint density at radius 2 is 2.04 bits per heavy atom. The molecule has 0 saturated carbocycles. The normalized spacial score (nSPS) is 24.2. The summed E-state index contributed by atoms with van der Waals surface area (Å²) in [7, 11) is 0. The maximum atomic E-state index is 13.3. The van der Waals surface area contributed by atoms with Crippen molar-refractivity contribution in [3.05, 3.63) is 51.6 Å². The molecule has 1 aromatic heterocycles. The van der Waals surface area contributed by atoms with E-state index in [0.29, 0.717) is 17.4 Å². The summed E-state index contributed by atoms with van der Waals surface area (Å²) in [6, 6.07) is 7.46. The van der Waals surface area contributed by atoms with Gasteiger partial charge in [0, 0.05) is 19.0 Å². The number of halogens is 1. The molecule has 8 heteroatoms. The van der Waals surface area contributed by atoms with Crippen LogP contribution in [0.1, 0.15) is 36.8 Å². The maximum Gasteiger partial charge on any atom is 0.258 e. The van der Waals surface area contributed by atoms with Crippen molar-refractivity contribution in [2.24, 2.45) is 11.8 Å². The van der Waals surface area contributed by atoms with Crippen molar-refractivity contribution in [1.29, 1.82) is 5.26 Å². The fourth-order valence-electron chi connectivity index (χ4n) is 4.06. The first kappa shape index (κ1) is 18.2. The van der Waals surface area contributed by atoms with Crippen molar-refractivity contribution in [2.75, 3.05) is 23.3 Å². The first-order chi connectivity index (χ1) is 13.5. The number of carbonyl (C=O) groups excluding carboxylic acids is 1. The Labute approximate surface area is 161 Å². The highest BCUT2D eigenvalue weighted by Crippen LogP contribution is 2.38. The van der Waals surface area contributed by atoms with Gasteiger partial charge in [0.2, 0.25) is 11.9 Å². The van der Waals surface area contributed by atoms with Crippen LogP contribution in [0.4, 0.5) is 16.2 Å². The van der Waals surface area contributed by atoms with Gasteiger partial charge in [0.25, 0.3) is 5.56 Å². The highest BCUT2D eigenvalue weighted by molar-refractivity contribution is 5.97. The summed E-state index contributed by atoms with van der Waals surface area (Å²) in [5.74, 6) is -1.77. The smallest absolute Gasteiger partial charge is 0.258 e. The molecule has 0 spiro atoms. The minimum Gasteiger partial charge on any atom is -0.342 e. The minimum absolute atomic E-state index is 0.169. The Morgan fingerprint density at radius 1 is 1.29 bits per heavy atom. The van der Waals surface area contributed by atoms with E-state index in [9.17, 15) is 19.2 Å². The number of fused-ring (bicyclic) bond motifs is 1. The number of aromatic nitrogens is 2. The van der Waals surface area contributed by atoms with Gasteiger partial charge in [-0.25, -0.2) is 4.39 Å². The van der Waals surface area contributed by atoms with Gasteiger partial charge in [-0.15, -0.1) is 0 Å². The number of nitriles is 1. The van der Waals surface area contributed by atoms with E-state index >= 15 is 0 Å². The predicted molar refractivity (Wildman–Crippen MR) is 101 cm³/mol. The molecular formula is C20H20FN5O2. The molecular weight excluding hydrogens is 361 g/mol. The molecule has 2 aliphatic heterocycles. The Morgan fingerprint density at radius 3 is 2.71 bits per heavy atom. The number of anilines is 2. The molecule has 3 atom stereocenters. The Balaban J connectivity index is 1.82. The van der Waals surface area contributed by atoms with E-state index in [-0.39, 0.29) is 11.4 Å². The summed E-state index contributed by atoms with van der Waals surface area (Å²) >= 11 is 0. The van der Waals surface area contributed by atoms with Crippen LogP contribution in [0.5, 0.6) is 0 Å². The summed E-state index contributed by atoms with van der Waals surface area (Å²) in [4.78, 5) is 34.8. The van der Waals surface area contributed by atoms with Gasteiger partial charge in [-0.2, -0.15) is 10.2 Å². The minimum atomic E-state index is -1.10. The standard InChI is InChI=1S/C20H20FN5O2/c1-11-3-2-8-26(10-11)20-24-17-16(19(28)25-20)15(14(9-22)18(27)23-17)12-4-6-13(21)7-5-12/h4-7,11,14-15H,2-3,8,10H2,1H3,(H2,23,24,25,27,28)/t11-,14+,15-/m1/s1. The van der Waals surface area contributed by atoms with Gasteiger partial charge in [-0.3, -0.25) is 14.6 Å². The van der Waals surface area contributed by atoms with Crippen LogP contribution in [0.2, 0.25) is 0 Å². The van der Waals surface area contributed by atoms with Crippen molar-refractivity contribution in [3.8, 4) is 6.07 Å². The van der Waals surface area contributed by atoms with Crippen LogP contribution >= 0.6 is 0 Å². The van der Waals surface area contributed by atoms with Gasteiger partial charge in [-0.05, 0) is 36.5 Å². The number of nitrogens with one attached hydrogen (secondary N) is 2. The van der Waals surface area contributed by atoms with Crippen molar-refractivity contribution in [1.82, 2.24) is 9.97 Å². The largest absolute Gasteiger partial charge is 0.342 e. The lowest BCUT2D eigenvalue weighted by atomic mass is 9.79. The molecule has 0 bridgehead atoms. The van der Waals surface area contributed by atoms with Crippen molar-refractivity contribution < 1.29 is 9.18 Å². The molecule has 28 heavy (non-hydrogen) atoms. The van der Waals surface area contributed by atoms with Crippen LogP contribution in [-0.4, -0.2) is 29.0 Å². The zero-order valence-corrected chi connectivity index (χ0v) is 15.4. The molecule has 144 valence electrons. The lowest BCUT2D eigenvalue weighted by Crippen LogP contribution is -2.41. The average Bonchev–Trinajstić information content (AvgIpc) is 2.67. The summed E-state index contributed by atoms with van der Waals surface area (Å²) in [6.07, 6.45) is 2.13. The van der Waals surface area contributed by atoms with E-state index < -0.39 is 29.1 Å². The van der Waals surface area contributed by atoms with Crippen molar-refractivity contribution >= 4 is 17.7 Å². The number of H-pyrrole nitrogens is 1. The topological polar surface area (TPSA) is 102 Å². The van der Waals surface area contributed by atoms with Gasteiger partial charge in [0.15, 0.2) is 0 Å². The summed E-state index contributed by atoms with van der Waals surface area (Å²) < 4.78 is 13.3. The van der Waals surface area contributed by atoms with Crippen LogP contribution in [0.15, 0.2) is 29.1 Å². The molecule has 3 heterocycles. The molecule has 0 radical (unpaired) electrons. The van der Waals surface area contributed by atoms with Gasteiger partial charge >= 0.3 is 0 Å². The predicted octanol–water partition coefficient (Wildman–Crippen LogP) is 2.37. The quantitative estimate of drug-likeness (QED) is 0.832. The van der Waals surface area contributed by atoms with E-state index in [4.69, 9.17) is 0 Å². The molecule has 2 aliphatic rings. The highest BCUT2D eigenvalue weighted by atomic mass is 19.1. The Kier molecular flexibility index (Phi) is 4.59. The van der Waals surface area contributed by atoms with Crippen LogP contribution in [-0.2, 0) is 4.79 Å². The van der Waals surface area contributed by atoms with Gasteiger partial charge < -0.3 is 10.2 Å². The molecule has 4 rings (SSSR count). The van der Waals surface area contributed by atoms with E-state index in [1.807, 2.05) is 11.0 Å². The molecule has 7 nitrogen and oxygen atoms in total. The van der Waals surface area contributed by atoms with Crippen LogP contribution in [0.25, 0.3) is 0 Å². The zero-order chi connectivity index (χ0) is 19.8. The molecule has 2 N–H and O–H groups in total. The van der Waals surface area contributed by atoms with E-state index in [0.717, 1.165) is 25.9 Å².